The van der Waals surface area contributed by atoms with Gasteiger partial charge in [0.15, 0.2) is 0 Å². The van der Waals surface area contributed by atoms with Crippen LogP contribution in [0.15, 0.2) is 18.2 Å². The molecule has 0 saturated heterocycles. The predicted octanol–water partition coefficient (Wildman–Crippen LogP) is 4.97. The van der Waals surface area contributed by atoms with Crippen LogP contribution in [0.25, 0.3) is 0 Å². The Morgan fingerprint density at radius 3 is 2.75 bits per heavy atom. The lowest BCUT2D eigenvalue weighted by atomic mass is 9.94. The normalized spacial score (nSPS) is 17.4. The van der Waals surface area contributed by atoms with Gasteiger partial charge in [-0.25, -0.2) is 0 Å². The maximum Gasteiger partial charge on any atom is 0.123 e. The molecule has 0 spiro atoms. The van der Waals surface area contributed by atoms with E-state index in [1.807, 2.05) is 18.2 Å². The van der Waals surface area contributed by atoms with Gasteiger partial charge in [-0.15, -0.1) is 0 Å². The van der Waals surface area contributed by atoms with E-state index in [-0.39, 0.29) is 0 Å². The third-order valence-electron chi connectivity index (χ3n) is 4.36. The number of benzene rings is 1. The van der Waals surface area contributed by atoms with Crippen LogP contribution in [-0.4, -0.2) is 13.7 Å². The first-order chi connectivity index (χ1) is 9.74. The maximum absolute atomic E-state index is 6.16. The largest absolute Gasteiger partial charge is 0.496 e. The Morgan fingerprint density at radius 1 is 1.35 bits per heavy atom. The van der Waals surface area contributed by atoms with Gasteiger partial charge in [0.25, 0.3) is 0 Å². The molecule has 1 N–H and O–H groups in total. The number of nitrogens with one attached hydrogen (secondary N) is 1. The molecular formula is C17H26ClNO. The molecule has 0 aromatic heterocycles. The summed E-state index contributed by atoms with van der Waals surface area (Å²) in [4.78, 5) is 0. The Bertz CT molecular complexity index is 415. The summed E-state index contributed by atoms with van der Waals surface area (Å²) in [5, 5.41) is 4.37. The van der Waals surface area contributed by atoms with E-state index < -0.39 is 0 Å². The van der Waals surface area contributed by atoms with Gasteiger partial charge >= 0.3 is 0 Å². The first-order valence-corrected chi connectivity index (χ1v) is 8.19. The predicted molar refractivity (Wildman–Crippen MR) is 85.6 cm³/mol. The van der Waals surface area contributed by atoms with Crippen LogP contribution >= 0.6 is 11.6 Å². The van der Waals surface area contributed by atoms with Crippen molar-refractivity contribution in [3.63, 3.8) is 0 Å². The highest BCUT2D eigenvalue weighted by atomic mass is 35.5. The van der Waals surface area contributed by atoms with E-state index in [0.29, 0.717) is 6.04 Å². The molecule has 1 aromatic carbocycles. The lowest BCUT2D eigenvalue weighted by molar-refractivity contribution is 0.381. The molecule has 1 aliphatic carbocycles. The molecule has 1 unspecified atom stereocenters. The first-order valence-electron chi connectivity index (χ1n) is 7.81. The summed E-state index contributed by atoms with van der Waals surface area (Å²) in [6, 6.07) is 6.25. The van der Waals surface area contributed by atoms with E-state index in [0.717, 1.165) is 29.7 Å². The third-order valence-corrected chi connectivity index (χ3v) is 4.59. The van der Waals surface area contributed by atoms with E-state index in [1.54, 1.807) is 7.11 Å². The summed E-state index contributed by atoms with van der Waals surface area (Å²) in [7, 11) is 1.73. The molecule has 0 amide bonds. The molecule has 0 bridgehead atoms. The van der Waals surface area contributed by atoms with Crippen LogP contribution in [-0.2, 0) is 0 Å². The van der Waals surface area contributed by atoms with E-state index in [2.05, 4.69) is 12.2 Å². The molecule has 1 fully saturated rings. The van der Waals surface area contributed by atoms with Crippen molar-refractivity contribution >= 4 is 11.6 Å². The molecule has 1 atom stereocenters. The molecule has 2 nitrogen and oxygen atoms in total. The van der Waals surface area contributed by atoms with Gasteiger partial charge in [-0.1, -0.05) is 44.2 Å². The van der Waals surface area contributed by atoms with Gasteiger partial charge in [-0.3, -0.25) is 0 Å². The van der Waals surface area contributed by atoms with Crippen LogP contribution in [0, 0.1) is 5.92 Å². The molecule has 3 heteroatoms. The minimum atomic E-state index is 0.342. The molecule has 1 aliphatic rings. The zero-order valence-corrected chi connectivity index (χ0v) is 13.4. The summed E-state index contributed by atoms with van der Waals surface area (Å²) >= 11 is 6.16. The summed E-state index contributed by atoms with van der Waals surface area (Å²) in [5.41, 5.74) is 1.19. The van der Waals surface area contributed by atoms with Crippen LogP contribution in [0.5, 0.6) is 5.75 Å². The number of halogens is 1. The number of hydrogen-bond acceptors (Lipinski definition) is 2. The Morgan fingerprint density at radius 2 is 2.10 bits per heavy atom. The fourth-order valence-corrected chi connectivity index (χ4v) is 3.47. The second kappa shape index (κ2) is 7.90. The quantitative estimate of drug-likeness (QED) is 0.767. The van der Waals surface area contributed by atoms with Crippen molar-refractivity contribution in [1.29, 1.82) is 0 Å². The Hall–Kier alpha value is -0.730. The molecular weight excluding hydrogens is 270 g/mol. The van der Waals surface area contributed by atoms with Crippen LogP contribution in [0.4, 0.5) is 0 Å². The molecule has 0 radical (unpaired) electrons. The summed E-state index contributed by atoms with van der Waals surface area (Å²) in [5.74, 6) is 1.85. The van der Waals surface area contributed by atoms with Gasteiger partial charge in [-0.05, 0) is 43.5 Å². The molecule has 20 heavy (non-hydrogen) atoms. The zero-order chi connectivity index (χ0) is 14.4. The summed E-state index contributed by atoms with van der Waals surface area (Å²) in [6.45, 7) is 3.12. The van der Waals surface area contributed by atoms with E-state index >= 15 is 0 Å². The van der Waals surface area contributed by atoms with Crippen molar-refractivity contribution in [1.82, 2.24) is 5.32 Å². The smallest absolute Gasteiger partial charge is 0.123 e. The highest BCUT2D eigenvalue weighted by Crippen LogP contribution is 2.35. The number of hydrogen-bond donors (Lipinski definition) is 1. The van der Waals surface area contributed by atoms with Gasteiger partial charge in [0.1, 0.15) is 5.75 Å². The highest BCUT2D eigenvalue weighted by Gasteiger charge is 2.20. The molecule has 2 rings (SSSR count). The van der Waals surface area contributed by atoms with Crippen molar-refractivity contribution in [3.05, 3.63) is 28.8 Å². The fraction of sp³-hybridized carbons (Fsp3) is 0.647. The van der Waals surface area contributed by atoms with E-state index in [1.165, 1.54) is 37.7 Å². The van der Waals surface area contributed by atoms with Crippen molar-refractivity contribution in [2.24, 2.45) is 5.92 Å². The second-order valence-electron chi connectivity index (χ2n) is 5.72. The van der Waals surface area contributed by atoms with Gasteiger partial charge in [0.2, 0.25) is 0 Å². The SMILES string of the molecule is CCNC(CCC1CCCC1)c1cc(Cl)ccc1OC. The molecule has 0 aliphatic heterocycles. The average molecular weight is 296 g/mol. The van der Waals surface area contributed by atoms with Crippen LogP contribution in [0.1, 0.15) is 57.1 Å². The van der Waals surface area contributed by atoms with Gasteiger partial charge in [0, 0.05) is 16.6 Å². The standard InChI is InChI=1S/C17H26ClNO/c1-3-19-16(10-8-13-6-4-5-7-13)15-12-14(18)9-11-17(15)20-2/h9,11-13,16,19H,3-8,10H2,1-2H3. The van der Waals surface area contributed by atoms with E-state index in [4.69, 9.17) is 16.3 Å². The van der Waals surface area contributed by atoms with Crippen LogP contribution in [0.3, 0.4) is 0 Å². The number of ether oxygens (including phenoxy) is 1. The molecule has 112 valence electrons. The van der Waals surface area contributed by atoms with Gasteiger partial charge in [0.05, 0.1) is 7.11 Å². The minimum Gasteiger partial charge on any atom is -0.496 e. The highest BCUT2D eigenvalue weighted by molar-refractivity contribution is 6.30. The molecule has 1 saturated carbocycles. The van der Waals surface area contributed by atoms with Crippen LogP contribution in [0.2, 0.25) is 5.02 Å². The number of methoxy groups -OCH3 is 1. The van der Waals surface area contributed by atoms with Gasteiger partial charge in [-0.2, -0.15) is 0 Å². The summed E-state index contributed by atoms with van der Waals surface area (Å²) in [6.07, 6.45) is 8.10. The first kappa shape index (κ1) is 15.7. The third kappa shape index (κ3) is 4.13. The average Bonchev–Trinajstić information content (AvgIpc) is 2.96. The monoisotopic (exact) mass is 295 g/mol. The lowest BCUT2D eigenvalue weighted by Crippen LogP contribution is -2.22. The van der Waals surface area contributed by atoms with E-state index in [9.17, 15) is 0 Å². The second-order valence-corrected chi connectivity index (χ2v) is 6.16. The lowest BCUT2D eigenvalue weighted by Gasteiger charge is -2.22. The fourth-order valence-electron chi connectivity index (χ4n) is 3.29. The van der Waals surface area contributed by atoms with Gasteiger partial charge < -0.3 is 10.1 Å². The zero-order valence-electron chi connectivity index (χ0n) is 12.6. The number of rotatable bonds is 7. The summed E-state index contributed by atoms with van der Waals surface area (Å²) < 4.78 is 5.50. The molecule has 1 aromatic rings. The Balaban J connectivity index is 2.07. The van der Waals surface area contributed by atoms with Crippen molar-refractivity contribution in [2.75, 3.05) is 13.7 Å². The van der Waals surface area contributed by atoms with Crippen LogP contribution < -0.4 is 10.1 Å². The minimum absolute atomic E-state index is 0.342. The topological polar surface area (TPSA) is 21.3 Å². The molecule has 0 heterocycles. The Kier molecular flexibility index (Phi) is 6.18. The maximum atomic E-state index is 6.16. The Labute approximate surface area is 127 Å². The van der Waals surface area contributed by atoms with Crippen molar-refractivity contribution in [2.45, 2.75) is 51.5 Å². The van der Waals surface area contributed by atoms with Crippen molar-refractivity contribution in [3.8, 4) is 5.75 Å². The van der Waals surface area contributed by atoms with Crippen molar-refractivity contribution < 1.29 is 4.74 Å².